The summed E-state index contributed by atoms with van der Waals surface area (Å²) >= 11 is -6.35. The number of carboxylic acids is 3. The summed E-state index contributed by atoms with van der Waals surface area (Å²) in [5.74, 6) is -2.10. The van der Waals surface area contributed by atoms with Crippen molar-refractivity contribution in [2.75, 3.05) is 64.9 Å². The van der Waals surface area contributed by atoms with Crippen LogP contribution in [0.25, 0.3) is 11.1 Å². The van der Waals surface area contributed by atoms with Gasteiger partial charge in [-0.25, -0.2) is 0 Å². The lowest BCUT2D eigenvalue weighted by atomic mass is 9.86. The number of hydrogen-bond donors (Lipinski definition) is 11. The molecule has 28 nitrogen and oxygen atoms in total. The summed E-state index contributed by atoms with van der Waals surface area (Å²) in [6, 6.07) is 40.2. The van der Waals surface area contributed by atoms with E-state index in [4.69, 9.17) is 32.8 Å². The largest absolute Gasteiger partial charge is 0.497 e. The Bertz CT molecular complexity index is 3940. The third-order valence-corrected chi connectivity index (χ3v) is 20.3. The molecule has 3 fully saturated rings. The first-order valence-electron chi connectivity index (χ1n) is 34.8. The fraction of sp³-hybridized carbons (Fsp3) is 0.400. The lowest BCUT2D eigenvalue weighted by molar-refractivity contribution is -0.140. The van der Waals surface area contributed by atoms with Gasteiger partial charge in [-0.15, -0.1) is 0 Å². The van der Waals surface area contributed by atoms with Gasteiger partial charge in [0.25, 0.3) is 33.8 Å². The first-order chi connectivity index (χ1) is 50.9. The number of rotatable bonds is 35. The summed E-state index contributed by atoms with van der Waals surface area (Å²) < 4.78 is 69.2. The number of carbonyl (C=O) groups excluding carboxylic acids is 4. The van der Waals surface area contributed by atoms with Gasteiger partial charge in [-0.05, 0) is 158 Å². The molecule has 2 aliphatic heterocycles. The highest BCUT2D eigenvalue weighted by Gasteiger charge is 2.31. The normalized spacial score (nSPS) is 16.1. The maximum Gasteiger partial charge on any atom is 0.323 e. The third-order valence-electron chi connectivity index (χ3n) is 17.8. The molecule has 3 aliphatic rings. The van der Waals surface area contributed by atoms with Crippen molar-refractivity contribution in [1.82, 2.24) is 35.0 Å². The SMILES string of the molecule is CC(=N)c1ccc(N2CCC(CC(=O)NCC(NS(=O)Oc3ccccc3)C(=O)O)CC2)cc1.COc1ccc(OS(=O)NC(CNC(=O)C2CCCN(C(=O)CCC3CCCCC3)C2)C(=O)O)cc1.COc1ccc(OS(=O)NC(CNC(=O)Cc2ccc(-c3ccc(C(C)=N)cc3)cc2)C(=O)O)cc1. The lowest BCUT2D eigenvalue weighted by Crippen LogP contribution is -2.50. The van der Waals surface area contributed by atoms with Crippen LogP contribution in [-0.2, 0) is 73.8 Å². The zero-order valence-electron chi connectivity index (χ0n) is 59.6. The molecular weight excluding hydrogens is 1430 g/mol. The molecule has 11 N–H and O–H groups in total. The fourth-order valence-electron chi connectivity index (χ4n) is 11.7. The minimum absolute atomic E-state index is 0.0595. The molecule has 6 aromatic rings. The molecule has 31 heteroatoms. The van der Waals surface area contributed by atoms with Crippen LogP contribution in [-0.4, -0.2) is 164 Å². The highest BCUT2D eigenvalue weighted by molar-refractivity contribution is 7.79. The molecule has 570 valence electrons. The second-order valence-electron chi connectivity index (χ2n) is 25.6. The number of anilines is 1. The molecule has 6 aromatic carbocycles. The predicted molar refractivity (Wildman–Crippen MR) is 403 cm³/mol. The molecule has 106 heavy (non-hydrogen) atoms. The van der Waals surface area contributed by atoms with E-state index in [2.05, 4.69) is 35.0 Å². The van der Waals surface area contributed by atoms with E-state index in [-0.39, 0.29) is 67.1 Å². The number of para-hydroxylation sites is 1. The zero-order valence-corrected chi connectivity index (χ0v) is 62.1. The van der Waals surface area contributed by atoms with Crippen molar-refractivity contribution in [2.45, 2.75) is 115 Å². The first-order valence-corrected chi connectivity index (χ1v) is 38.0. The maximum atomic E-state index is 12.7. The highest BCUT2D eigenvalue weighted by atomic mass is 32.2. The number of ether oxygens (including phenoxy) is 2. The minimum atomic E-state index is -2.14. The van der Waals surface area contributed by atoms with Crippen LogP contribution in [0.3, 0.4) is 0 Å². The summed E-state index contributed by atoms with van der Waals surface area (Å²) in [4.78, 5) is 88.9. The van der Waals surface area contributed by atoms with Crippen molar-refractivity contribution in [3.8, 4) is 39.9 Å². The van der Waals surface area contributed by atoms with Crippen molar-refractivity contribution >= 4 is 92.4 Å². The Balaban J connectivity index is 0.000000222. The van der Waals surface area contributed by atoms with E-state index in [1.165, 1.54) is 58.5 Å². The average molecular weight is 1520 g/mol. The van der Waals surface area contributed by atoms with Crippen LogP contribution in [0.5, 0.6) is 28.7 Å². The molecule has 1 saturated carbocycles. The first kappa shape index (κ1) is 83.4. The van der Waals surface area contributed by atoms with Gasteiger partial charge < -0.3 is 73.9 Å². The molecule has 2 saturated heterocycles. The van der Waals surface area contributed by atoms with E-state index in [9.17, 15) is 61.5 Å². The van der Waals surface area contributed by atoms with E-state index in [1.54, 1.807) is 85.5 Å². The number of piperidine rings is 2. The Labute approximate surface area is 624 Å². The van der Waals surface area contributed by atoms with Crippen LogP contribution >= 0.6 is 0 Å². The molecule has 7 unspecified atom stereocenters. The van der Waals surface area contributed by atoms with Crippen molar-refractivity contribution in [3.05, 3.63) is 168 Å². The van der Waals surface area contributed by atoms with Gasteiger partial charge in [0.05, 0.1) is 26.6 Å². The Kier molecular flexibility index (Phi) is 34.2. The van der Waals surface area contributed by atoms with Crippen LogP contribution in [0.2, 0.25) is 0 Å². The van der Waals surface area contributed by atoms with Crippen molar-refractivity contribution in [3.63, 3.8) is 0 Å². The van der Waals surface area contributed by atoms with Crippen LogP contribution in [0.15, 0.2) is 152 Å². The van der Waals surface area contributed by atoms with E-state index in [1.807, 2.05) is 72.8 Å². The number of amides is 4. The van der Waals surface area contributed by atoms with Crippen LogP contribution in [0.1, 0.15) is 108 Å². The average Bonchev–Trinajstić information content (AvgIpc) is 0.873. The van der Waals surface area contributed by atoms with Gasteiger partial charge in [0.15, 0.2) is 0 Å². The minimum Gasteiger partial charge on any atom is -0.497 e. The third kappa shape index (κ3) is 28.9. The molecule has 9 rings (SSSR count). The van der Waals surface area contributed by atoms with Gasteiger partial charge in [0.2, 0.25) is 23.6 Å². The highest BCUT2D eigenvalue weighted by Crippen LogP contribution is 2.30. The molecule has 0 radical (unpaired) electrons. The van der Waals surface area contributed by atoms with Gasteiger partial charge in [-0.3, -0.25) is 33.6 Å². The van der Waals surface area contributed by atoms with E-state index < -0.39 is 75.8 Å². The number of methoxy groups -OCH3 is 2. The van der Waals surface area contributed by atoms with Crippen LogP contribution in [0.4, 0.5) is 5.69 Å². The number of nitrogens with one attached hydrogen (secondary N) is 8. The topological polar surface area (TPSA) is 404 Å². The van der Waals surface area contributed by atoms with Crippen molar-refractivity contribution in [1.29, 1.82) is 10.8 Å². The molecule has 0 aromatic heterocycles. The van der Waals surface area contributed by atoms with E-state index in [0.717, 1.165) is 72.3 Å². The van der Waals surface area contributed by atoms with E-state index >= 15 is 0 Å². The number of likely N-dealkylation sites (tertiary alicyclic amines) is 1. The maximum absolute atomic E-state index is 12.7. The molecule has 2 heterocycles. The van der Waals surface area contributed by atoms with E-state index in [0.29, 0.717) is 66.9 Å². The Morgan fingerprint density at radius 2 is 0.925 bits per heavy atom. The summed E-state index contributed by atoms with van der Waals surface area (Å²) in [6.45, 7) is 5.40. The number of carboxylic acid groups (broad SMARTS) is 3. The van der Waals surface area contributed by atoms with Crippen LogP contribution < -0.4 is 57.0 Å². The Morgan fingerprint density at radius 3 is 1.39 bits per heavy atom. The standard InChI is InChI=1S/C26H27N3O6S.C25H37N3O7S.C24H30N4O5S/c1-17(27)19-7-9-21(10-8-19)20-5-3-18(4-6-20)15-25(30)28-16-24(26(31)32)29-36(33)35-23-13-11-22(34-2)12-14-23;1-34-20-10-12-21(13-11-20)35-36(33)27-22(25(31)32)16-26-24(30)19-8-5-15-28(17-19)23(29)14-9-18-6-3-2-4-7-18;1-17(25)19-7-9-20(10-8-19)28-13-11-18(12-14-28)15-23(29)26-16-22(24(30)31)27-34(32)33-21-5-3-2-4-6-21/h3-14,24,27,29H,15-16H2,1-2H3,(H,28,30)(H,31,32);10-13,18-19,22,27H,2-9,14-17H2,1H3,(H,26,30)(H,31,32);2-10,18,22,25,27H,11-16H2,1H3,(H,26,29)(H,30,31). The zero-order chi connectivity index (χ0) is 76.5. The van der Waals surface area contributed by atoms with Gasteiger partial charge in [-0.2, -0.15) is 26.8 Å². The summed E-state index contributed by atoms with van der Waals surface area (Å²) in [5.41, 5.74) is 6.63. The number of benzene rings is 6. The molecule has 4 amide bonds. The summed E-state index contributed by atoms with van der Waals surface area (Å²) in [6.07, 6.45) is 11.1. The number of carbonyl (C=O) groups is 7. The van der Waals surface area contributed by atoms with Crippen molar-refractivity contribution < 1.29 is 83.5 Å². The smallest absolute Gasteiger partial charge is 0.323 e. The second-order valence-corrected chi connectivity index (χ2v) is 28.2. The summed E-state index contributed by atoms with van der Waals surface area (Å²) in [7, 11) is 3.03. The molecule has 7 atom stereocenters. The Hall–Kier alpha value is -9.92. The number of aliphatic carboxylic acids is 3. The van der Waals surface area contributed by atoms with Crippen LogP contribution in [0, 0.1) is 28.6 Å². The number of nitrogens with zero attached hydrogens (tertiary/aromatic N) is 2. The van der Waals surface area contributed by atoms with Gasteiger partial charge in [0, 0.05) is 75.8 Å². The van der Waals surface area contributed by atoms with Gasteiger partial charge in [0.1, 0.15) is 46.9 Å². The second kappa shape index (κ2) is 43.5. The van der Waals surface area contributed by atoms with Crippen molar-refractivity contribution in [2.24, 2.45) is 17.8 Å². The molecule has 0 spiro atoms. The summed E-state index contributed by atoms with van der Waals surface area (Å²) in [5, 5.41) is 51.5. The monoisotopic (exact) mass is 1520 g/mol. The predicted octanol–water partition coefficient (Wildman–Crippen LogP) is 8.02. The lowest BCUT2D eigenvalue weighted by Gasteiger charge is -2.33. The molecule has 0 bridgehead atoms. The van der Waals surface area contributed by atoms with Gasteiger partial charge in [-0.1, -0.05) is 111 Å². The van der Waals surface area contributed by atoms with Gasteiger partial charge >= 0.3 is 17.9 Å². The number of hydrogen-bond acceptors (Lipinski definition) is 18. The Morgan fingerprint density at radius 1 is 0.491 bits per heavy atom. The quantitative estimate of drug-likeness (QED) is 0.0168. The molecule has 1 aliphatic carbocycles. The molecular formula is C75H94N10O18S3. The fourth-order valence-corrected chi connectivity index (χ4v) is 14.0.